The number of likely N-dealkylation sites (tertiary alicyclic amines) is 1. The van der Waals surface area contributed by atoms with Gasteiger partial charge < -0.3 is 10.6 Å². The van der Waals surface area contributed by atoms with Gasteiger partial charge >= 0.3 is 0 Å². The van der Waals surface area contributed by atoms with Gasteiger partial charge in [-0.25, -0.2) is 0 Å². The largest absolute Gasteiger partial charge is 0.329 e. The molecule has 3 nitrogen and oxygen atoms in total. The van der Waals surface area contributed by atoms with Crippen molar-refractivity contribution in [2.75, 3.05) is 32.7 Å². The maximum atomic E-state index is 6.04. The molecule has 2 heterocycles. The molecule has 0 bridgehead atoms. The molecule has 0 aliphatic carbocycles. The number of unbranched alkanes of at least 4 members (excludes halogenated alkanes) is 1. The Hall–Kier alpha value is -0.900. The zero-order chi connectivity index (χ0) is 14.7. The second-order valence-corrected chi connectivity index (χ2v) is 6.62. The molecule has 3 heteroatoms. The highest BCUT2D eigenvalue weighted by atomic mass is 15.2. The number of hydrogen-bond donors (Lipinski definition) is 1. The molecule has 0 amide bonds. The number of hydrogen-bond acceptors (Lipinski definition) is 3. The molecule has 21 heavy (non-hydrogen) atoms. The molecular formula is C18H29N3. The summed E-state index contributed by atoms with van der Waals surface area (Å²) in [4.78, 5) is 5.20. The van der Waals surface area contributed by atoms with Gasteiger partial charge in [-0.1, -0.05) is 18.2 Å². The topological polar surface area (TPSA) is 32.5 Å². The lowest BCUT2D eigenvalue weighted by atomic mass is 10.0. The fourth-order valence-corrected chi connectivity index (χ4v) is 3.93. The average Bonchev–Trinajstić information content (AvgIpc) is 3.11. The standard InChI is InChI=1S/C18H29N3/c1-15-7-6-8-16-17(15)14-21(18(16)13-19)12-5-4-11-20-9-2-3-10-20/h6-8,18H,2-5,9-14,19H2,1H3. The molecule has 2 N–H and O–H groups in total. The van der Waals surface area contributed by atoms with E-state index in [9.17, 15) is 0 Å². The van der Waals surface area contributed by atoms with Gasteiger partial charge in [0.05, 0.1) is 0 Å². The minimum Gasteiger partial charge on any atom is -0.329 e. The Morgan fingerprint density at radius 3 is 2.67 bits per heavy atom. The van der Waals surface area contributed by atoms with Crippen molar-refractivity contribution in [2.24, 2.45) is 5.73 Å². The Balaban J connectivity index is 1.51. The van der Waals surface area contributed by atoms with E-state index in [-0.39, 0.29) is 0 Å². The van der Waals surface area contributed by atoms with Crippen molar-refractivity contribution < 1.29 is 0 Å². The average molecular weight is 287 g/mol. The SMILES string of the molecule is Cc1cccc2c1CN(CCCCN1CCCC1)C2CN. The third kappa shape index (κ3) is 3.31. The number of aryl methyl sites for hydroxylation is 1. The molecule has 3 rings (SSSR count). The maximum absolute atomic E-state index is 6.04. The minimum atomic E-state index is 0.437. The second-order valence-electron chi connectivity index (χ2n) is 6.62. The normalized spacial score (nSPS) is 22.9. The first-order valence-electron chi connectivity index (χ1n) is 8.54. The van der Waals surface area contributed by atoms with Crippen molar-refractivity contribution in [1.82, 2.24) is 9.80 Å². The minimum absolute atomic E-state index is 0.437. The van der Waals surface area contributed by atoms with Crippen molar-refractivity contribution in [3.8, 4) is 0 Å². The highest BCUT2D eigenvalue weighted by molar-refractivity contribution is 5.40. The van der Waals surface area contributed by atoms with Crippen LogP contribution < -0.4 is 5.73 Å². The number of rotatable bonds is 6. The lowest BCUT2D eigenvalue weighted by Gasteiger charge is -2.24. The second kappa shape index (κ2) is 6.91. The number of nitrogens with two attached hydrogens (primary N) is 1. The van der Waals surface area contributed by atoms with Gasteiger partial charge in [0.2, 0.25) is 0 Å². The Labute approximate surface area is 129 Å². The highest BCUT2D eigenvalue weighted by Crippen LogP contribution is 2.34. The first-order chi connectivity index (χ1) is 10.3. The molecule has 0 saturated carbocycles. The third-order valence-electron chi connectivity index (χ3n) is 5.20. The van der Waals surface area contributed by atoms with Gasteiger partial charge in [-0.15, -0.1) is 0 Å². The Kier molecular flexibility index (Phi) is 4.94. The smallest absolute Gasteiger partial charge is 0.0477 e. The van der Waals surface area contributed by atoms with Crippen LogP contribution in [0, 0.1) is 6.92 Å². The van der Waals surface area contributed by atoms with E-state index in [1.807, 2.05) is 0 Å². The summed E-state index contributed by atoms with van der Waals surface area (Å²) in [7, 11) is 0. The molecule has 1 saturated heterocycles. The number of benzene rings is 1. The molecule has 2 aliphatic rings. The first-order valence-corrected chi connectivity index (χ1v) is 8.54. The summed E-state index contributed by atoms with van der Waals surface area (Å²) in [5.41, 5.74) is 10.5. The quantitative estimate of drug-likeness (QED) is 0.817. The van der Waals surface area contributed by atoms with E-state index in [1.165, 1.54) is 68.6 Å². The summed E-state index contributed by atoms with van der Waals surface area (Å²) in [6, 6.07) is 7.10. The van der Waals surface area contributed by atoms with Gasteiger partial charge in [-0.3, -0.25) is 4.90 Å². The molecular weight excluding hydrogens is 258 g/mol. The van der Waals surface area contributed by atoms with Crippen LogP contribution in [0.1, 0.15) is 48.4 Å². The Morgan fingerprint density at radius 2 is 1.90 bits per heavy atom. The zero-order valence-corrected chi connectivity index (χ0v) is 13.4. The van der Waals surface area contributed by atoms with Crippen molar-refractivity contribution >= 4 is 0 Å². The summed E-state index contributed by atoms with van der Waals surface area (Å²) in [6.45, 7) is 9.16. The zero-order valence-electron chi connectivity index (χ0n) is 13.4. The lowest BCUT2D eigenvalue weighted by Crippen LogP contribution is -2.29. The van der Waals surface area contributed by atoms with Gasteiger partial charge in [-0.05, 0) is 75.5 Å². The van der Waals surface area contributed by atoms with Crippen molar-refractivity contribution in [3.63, 3.8) is 0 Å². The number of fused-ring (bicyclic) bond motifs is 1. The van der Waals surface area contributed by atoms with Crippen molar-refractivity contribution in [1.29, 1.82) is 0 Å². The predicted octanol–water partition coefficient (Wildman–Crippen LogP) is 2.69. The molecule has 1 aromatic carbocycles. The fourth-order valence-electron chi connectivity index (χ4n) is 3.93. The van der Waals surface area contributed by atoms with Gasteiger partial charge in [0.25, 0.3) is 0 Å². The molecule has 1 aromatic rings. The maximum Gasteiger partial charge on any atom is 0.0477 e. The molecule has 0 radical (unpaired) electrons. The summed E-state index contributed by atoms with van der Waals surface area (Å²) in [5.74, 6) is 0. The molecule has 2 aliphatic heterocycles. The molecule has 0 spiro atoms. The van der Waals surface area contributed by atoms with Crippen LogP contribution in [0.3, 0.4) is 0 Å². The van der Waals surface area contributed by atoms with Crippen molar-refractivity contribution in [3.05, 3.63) is 34.9 Å². The Bertz CT molecular complexity index is 466. The molecule has 1 fully saturated rings. The molecule has 1 atom stereocenters. The first kappa shape index (κ1) is 15.0. The lowest BCUT2D eigenvalue weighted by molar-refractivity contribution is 0.210. The third-order valence-corrected chi connectivity index (χ3v) is 5.20. The molecule has 0 aromatic heterocycles. The summed E-state index contributed by atoms with van der Waals surface area (Å²) < 4.78 is 0. The van der Waals surface area contributed by atoms with Crippen molar-refractivity contribution in [2.45, 2.75) is 45.2 Å². The van der Waals surface area contributed by atoms with E-state index >= 15 is 0 Å². The van der Waals surface area contributed by atoms with Crippen LogP contribution >= 0.6 is 0 Å². The van der Waals surface area contributed by atoms with E-state index in [2.05, 4.69) is 34.9 Å². The van der Waals surface area contributed by atoms with Crippen LogP contribution in [0.15, 0.2) is 18.2 Å². The van der Waals surface area contributed by atoms with Crippen LogP contribution in [0.25, 0.3) is 0 Å². The monoisotopic (exact) mass is 287 g/mol. The van der Waals surface area contributed by atoms with Crippen LogP contribution in [-0.4, -0.2) is 42.5 Å². The highest BCUT2D eigenvalue weighted by Gasteiger charge is 2.29. The summed E-state index contributed by atoms with van der Waals surface area (Å²) in [6.07, 6.45) is 5.41. The van der Waals surface area contributed by atoms with Gasteiger partial charge in [0.15, 0.2) is 0 Å². The van der Waals surface area contributed by atoms with Crippen LogP contribution in [0.4, 0.5) is 0 Å². The van der Waals surface area contributed by atoms with Crippen LogP contribution in [-0.2, 0) is 6.54 Å². The van der Waals surface area contributed by atoms with Crippen LogP contribution in [0.2, 0.25) is 0 Å². The predicted molar refractivity (Wildman–Crippen MR) is 88.3 cm³/mol. The van der Waals surface area contributed by atoms with Gasteiger partial charge in [0.1, 0.15) is 0 Å². The van der Waals surface area contributed by atoms with Crippen LogP contribution in [0.5, 0.6) is 0 Å². The summed E-state index contributed by atoms with van der Waals surface area (Å²) >= 11 is 0. The van der Waals surface area contributed by atoms with E-state index in [4.69, 9.17) is 5.73 Å². The summed E-state index contributed by atoms with van der Waals surface area (Å²) in [5, 5.41) is 0. The van der Waals surface area contributed by atoms with E-state index in [0.29, 0.717) is 6.04 Å². The van der Waals surface area contributed by atoms with Gasteiger partial charge in [-0.2, -0.15) is 0 Å². The van der Waals surface area contributed by atoms with E-state index < -0.39 is 0 Å². The van der Waals surface area contributed by atoms with Gasteiger partial charge in [0, 0.05) is 19.1 Å². The van der Waals surface area contributed by atoms with E-state index in [1.54, 1.807) is 0 Å². The molecule has 116 valence electrons. The fraction of sp³-hybridized carbons (Fsp3) is 0.667. The van der Waals surface area contributed by atoms with E-state index in [0.717, 1.165) is 13.1 Å². The molecule has 1 unspecified atom stereocenters. The Morgan fingerprint density at radius 1 is 1.14 bits per heavy atom. The number of nitrogens with zero attached hydrogens (tertiary/aromatic N) is 2.